The topological polar surface area (TPSA) is 9.23 Å². The molecule has 0 atom stereocenters. The Morgan fingerprint density at radius 1 is 0.733 bits per heavy atom. The van der Waals surface area contributed by atoms with E-state index >= 15 is 0 Å². The molecule has 92 valence electrons. The fourth-order valence-electron chi connectivity index (χ4n) is 1.73. The molecule has 0 heterocycles. The summed E-state index contributed by atoms with van der Waals surface area (Å²) in [4.78, 5) is 0. The van der Waals surface area contributed by atoms with Gasteiger partial charge in [-0.25, -0.2) is 0 Å². The highest BCUT2D eigenvalue weighted by Crippen LogP contribution is 2.10. The maximum absolute atomic E-state index is 5.22. The van der Waals surface area contributed by atoms with Crippen molar-refractivity contribution < 1.29 is 4.18 Å². The third kappa shape index (κ3) is 14.3. The molecule has 1 nitrogen and oxygen atoms in total. The Bertz CT molecular complexity index is 94.7. The van der Waals surface area contributed by atoms with E-state index in [-0.39, 0.29) is 0 Å². The summed E-state index contributed by atoms with van der Waals surface area (Å²) in [6.07, 6.45) is 15.9. The second-order valence-corrected chi connectivity index (χ2v) is 4.74. The van der Waals surface area contributed by atoms with Crippen molar-refractivity contribution >= 4 is 12.0 Å². The zero-order valence-electron chi connectivity index (χ0n) is 10.6. The fraction of sp³-hybridized carbons (Fsp3) is 1.00. The minimum Gasteiger partial charge on any atom is -0.316 e. The van der Waals surface area contributed by atoms with E-state index in [4.69, 9.17) is 4.18 Å². The van der Waals surface area contributed by atoms with Crippen LogP contribution in [-0.2, 0) is 4.18 Å². The van der Waals surface area contributed by atoms with E-state index in [1.165, 1.54) is 76.3 Å². The number of hydrogen-bond donors (Lipinski definition) is 0. The van der Waals surface area contributed by atoms with E-state index < -0.39 is 0 Å². The van der Waals surface area contributed by atoms with Crippen molar-refractivity contribution in [3.8, 4) is 0 Å². The first-order valence-electron chi connectivity index (χ1n) is 6.57. The predicted octanol–water partition coefficient (Wildman–Crippen LogP) is 5.20. The largest absolute Gasteiger partial charge is 0.316 e. The predicted molar refractivity (Wildman–Crippen MR) is 71.3 cm³/mol. The molecule has 0 amide bonds. The second-order valence-electron chi connectivity index (χ2n) is 4.17. The van der Waals surface area contributed by atoms with Crippen molar-refractivity contribution in [1.82, 2.24) is 0 Å². The van der Waals surface area contributed by atoms with Gasteiger partial charge in [-0.3, -0.25) is 0 Å². The number of hydrogen-bond acceptors (Lipinski definition) is 2. The number of rotatable bonds is 12. The molecule has 15 heavy (non-hydrogen) atoms. The van der Waals surface area contributed by atoms with Crippen LogP contribution in [0.5, 0.6) is 0 Å². The third-order valence-corrected chi connectivity index (χ3v) is 3.10. The summed E-state index contributed by atoms with van der Waals surface area (Å²) in [5.74, 6) is 0. The monoisotopic (exact) mass is 232 g/mol. The van der Waals surface area contributed by atoms with Gasteiger partial charge in [-0.1, -0.05) is 64.7 Å². The molecular formula is C13H28OS. The van der Waals surface area contributed by atoms with Crippen LogP contribution in [-0.4, -0.2) is 12.9 Å². The van der Waals surface area contributed by atoms with Crippen LogP contribution in [0.2, 0.25) is 0 Å². The maximum atomic E-state index is 5.22. The first kappa shape index (κ1) is 15.3. The number of unbranched alkanes of at least 4 members (excludes halogenated alkanes) is 9. The molecule has 0 bridgehead atoms. The maximum Gasteiger partial charge on any atom is 0.0613 e. The quantitative estimate of drug-likeness (QED) is 0.338. The van der Waals surface area contributed by atoms with Crippen LogP contribution in [0.1, 0.15) is 71.1 Å². The van der Waals surface area contributed by atoms with Crippen LogP contribution in [0.4, 0.5) is 0 Å². The summed E-state index contributed by atoms with van der Waals surface area (Å²) in [5, 5.41) is 0. The molecule has 0 spiro atoms. The van der Waals surface area contributed by atoms with Gasteiger partial charge in [0.2, 0.25) is 0 Å². The Balaban J connectivity index is 2.81. The summed E-state index contributed by atoms with van der Waals surface area (Å²) in [7, 11) is 0. The third-order valence-electron chi connectivity index (χ3n) is 2.70. The van der Waals surface area contributed by atoms with Crippen LogP contribution in [0.3, 0.4) is 0 Å². The summed E-state index contributed by atoms with van der Waals surface area (Å²) in [5.41, 5.74) is 0. The standard InChI is InChI=1S/C13H28OS/c1-3-4-5-6-7-8-9-10-11-12-13-14-15-2/h3-13H2,1-2H3. The van der Waals surface area contributed by atoms with E-state index in [0.29, 0.717) is 0 Å². The molecule has 0 radical (unpaired) electrons. The first-order valence-corrected chi connectivity index (χ1v) is 7.72. The molecule has 0 aliphatic carbocycles. The molecule has 0 aliphatic heterocycles. The van der Waals surface area contributed by atoms with Gasteiger partial charge in [-0.2, -0.15) is 0 Å². The molecule has 0 fully saturated rings. The highest BCUT2D eigenvalue weighted by Gasteiger charge is 1.92. The van der Waals surface area contributed by atoms with E-state index in [2.05, 4.69) is 6.92 Å². The van der Waals surface area contributed by atoms with Crippen molar-refractivity contribution in [2.45, 2.75) is 71.1 Å². The van der Waals surface area contributed by atoms with Gasteiger partial charge in [-0.05, 0) is 18.5 Å². The first-order chi connectivity index (χ1) is 7.41. The van der Waals surface area contributed by atoms with Crippen molar-refractivity contribution in [2.75, 3.05) is 12.9 Å². The van der Waals surface area contributed by atoms with Crippen molar-refractivity contribution in [2.24, 2.45) is 0 Å². The van der Waals surface area contributed by atoms with Gasteiger partial charge in [0.25, 0.3) is 0 Å². The van der Waals surface area contributed by atoms with Crippen LogP contribution in [0.15, 0.2) is 0 Å². The van der Waals surface area contributed by atoms with E-state index in [1.807, 2.05) is 6.26 Å². The lowest BCUT2D eigenvalue weighted by atomic mass is 10.1. The van der Waals surface area contributed by atoms with E-state index in [1.54, 1.807) is 0 Å². The Labute approximate surface area is 101 Å². The smallest absolute Gasteiger partial charge is 0.0613 e. The zero-order chi connectivity index (χ0) is 11.2. The zero-order valence-corrected chi connectivity index (χ0v) is 11.4. The molecule has 2 heteroatoms. The SMILES string of the molecule is CCCCCCCCCCCCOSC. The molecule has 0 rings (SSSR count). The van der Waals surface area contributed by atoms with Crippen molar-refractivity contribution in [1.29, 1.82) is 0 Å². The Hall–Kier alpha value is 0.310. The average Bonchev–Trinajstić information content (AvgIpc) is 2.26. The summed E-state index contributed by atoms with van der Waals surface area (Å²) in [6, 6.07) is 0. The van der Waals surface area contributed by atoms with Crippen molar-refractivity contribution in [3.63, 3.8) is 0 Å². The molecule has 0 aromatic rings. The highest BCUT2D eigenvalue weighted by atomic mass is 32.2. The highest BCUT2D eigenvalue weighted by molar-refractivity contribution is 7.93. The molecule has 0 saturated carbocycles. The normalized spacial score (nSPS) is 10.8. The van der Waals surface area contributed by atoms with Crippen molar-refractivity contribution in [3.05, 3.63) is 0 Å². The van der Waals surface area contributed by atoms with Crippen LogP contribution < -0.4 is 0 Å². The molecule has 0 aliphatic rings. The lowest BCUT2D eigenvalue weighted by Crippen LogP contribution is -1.87. The second kappa shape index (κ2) is 14.3. The fourth-order valence-corrected chi connectivity index (χ4v) is 2.02. The van der Waals surface area contributed by atoms with Crippen LogP contribution in [0, 0.1) is 0 Å². The van der Waals surface area contributed by atoms with Gasteiger partial charge in [0.05, 0.1) is 6.61 Å². The minimum absolute atomic E-state index is 0.928. The molecular weight excluding hydrogens is 204 g/mol. The minimum atomic E-state index is 0.928. The van der Waals surface area contributed by atoms with E-state index in [0.717, 1.165) is 6.61 Å². The average molecular weight is 232 g/mol. The van der Waals surface area contributed by atoms with Gasteiger partial charge in [-0.15, -0.1) is 0 Å². The van der Waals surface area contributed by atoms with Gasteiger partial charge in [0.15, 0.2) is 0 Å². The molecule has 0 unspecified atom stereocenters. The summed E-state index contributed by atoms with van der Waals surface area (Å²) >= 11 is 1.48. The lowest BCUT2D eigenvalue weighted by molar-refractivity contribution is 0.356. The Morgan fingerprint density at radius 2 is 1.20 bits per heavy atom. The van der Waals surface area contributed by atoms with Gasteiger partial charge in [0, 0.05) is 6.26 Å². The Morgan fingerprint density at radius 3 is 1.67 bits per heavy atom. The molecule has 0 aromatic carbocycles. The van der Waals surface area contributed by atoms with Gasteiger partial charge >= 0.3 is 0 Å². The molecule has 0 saturated heterocycles. The lowest BCUT2D eigenvalue weighted by Gasteiger charge is -2.02. The molecule has 0 N–H and O–H groups in total. The van der Waals surface area contributed by atoms with Gasteiger partial charge in [0.1, 0.15) is 0 Å². The Kier molecular flexibility index (Phi) is 14.6. The van der Waals surface area contributed by atoms with Crippen LogP contribution in [0.25, 0.3) is 0 Å². The molecule has 0 aromatic heterocycles. The van der Waals surface area contributed by atoms with Gasteiger partial charge < -0.3 is 4.18 Å². The summed E-state index contributed by atoms with van der Waals surface area (Å²) < 4.78 is 5.22. The van der Waals surface area contributed by atoms with E-state index in [9.17, 15) is 0 Å². The van der Waals surface area contributed by atoms with Crippen LogP contribution >= 0.6 is 12.0 Å². The summed E-state index contributed by atoms with van der Waals surface area (Å²) in [6.45, 7) is 3.20.